The van der Waals surface area contributed by atoms with E-state index in [0.717, 1.165) is 45.4 Å². The molecule has 0 bridgehead atoms. The second-order valence-electron chi connectivity index (χ2n) is 5.11. The molecule has 1 saturated heterocycles. The quantitative estimate of drug-likeness (QED) is 0.762. The lowest BCUT2D eigenvalue weighted by molar-refractivity contribution is -0.134. The number of carbonyl (C=O) groups excluding carboxylic acids is 1. The zero-order chi connectivity index (χ0) is 12.7. The number of ether oxygens (including phenoxy) is 1. The van der Waals surface area contributed by atoms with Gasteiger partial charge in [-0.05, 0) is 38.1 Å². The van der Waals surface area contributed by atoms with Gasteiger partial charge in [-0.3, -0.25) is 4.79 Å². The summed E-state index contributed by atoms with van der Waals surface area (Å²) in [6, 6.07) is 0. The third-order valence-electron chi connectivity index (χ3n) is 3.51. The average Bonchev–Trinajstić information content (AvgIpc) is 2.36. The van der Waals surface area contributed by atoms with Crippen LogP contribution in [0.4, 0.5) is 0 Å². The molecule has 2 N–H and O–H groups in total. The molecule has 0 aromatic heterocycles. The summed E-state index contributed by atoms with van der Waals surface area (Å²) in [7, 11) is 1.91. The summed E-state index contributed by atoms with van der Waals surface area (Å²) in [4.78, 5) is 14.0. The van der Waals surface area contributed by atoms with Gasteiger partial charge in [0.05, 0.1) is 0 Å². The Kier molecular flexibility index (Phi) is 6.52. The van der Waals surface area contributed by atoms with Crippen LogP contribution in [0.15, 0.2) is 0 Å². The Balaban J connectivity index is 2.29. The van der Waals surface area contributed by atoms with Crippen LogP contribution in [0.1, 0.15) is 32.6 Å². The van der Waals surface area contributed by atoms with Crippen molar-refractivity contribution in [2.45, 2.75) is 32.6 Å². The minimum absolute atomic E-state index is 0.100. The topological polar surface area (TPSA) is 55.6 Å². The van der Waals surface area contributed by atoms with Gasteiger partial charge in [-0.2, -0.15) is 0 Å². The molecule has 0 aliphatic carbocycles. The number of hydrogen-bond donors (Lipinski definition) is 1. The van der Waals surface area contributed by atoms with Gasteiger partial charge >= 0.3 is 0 Å². The predicted molar refractivity (Wildman–Crippen MR) is 68.6 cm³/mol. The van der Waals surface area contributed by atoms with Crippen LogP contribution in [-0.2, 0) is 9.53 Å². The maximum absolute atomic E-state index is 12.1. The van der Waals surface area contributed by atoms with E-state index in [1.54, 1.807) is 0 Å². The Labute approximate surface area is 104 Å². The fourth-order valence-corrected chi connectivity index (χ4v) is 2.33. The molecule has 0 aromatic rings. The molecule has 1 fully saturated rings. The van der Waals surface area contributed by atoms with E-state index in [1.165, 1.54) is 0 Å². The van der Waals surface area contributed by atoms with Crippen molar-refractivity contribution in [3.8, 4) is 0 Å². The first kappa shape index (κ1) is 14.5. The Hall–Kier alpha value is -0.610. The second kappa shape index (κ2) is 7.67. The van der Waals surface area contributed by atoms with Crippen molar-refractivity contribution in [3.05, 3.63) is 0 Å². The van der Waals surface area contributed by atoms with Gasteiger partial charge in [-0.1, -0.05) is 6.92 Å². The monoisotopic (exact) mass is 242 g/mol. The Morgan fingerprint density at radius 3 is 2.71 bits per heavy atom. The molecule has 1 unspecified atom stereocenters. The molecule has 17 heavy (non-hydrogen) atoms. The molecule has 1 aliphatic rings. The minimum Gasteiger partial charge on any atom is -0.381 e. The van der Waals surface area contributed by atoms with Crippen LogP contribution >= 0.6 is 0 Å². The molecule has 1 rings (SSSR count). The maximum Gasteiger partial charge on any atom is 0.225 e. The lowest BCUT2D eigenvalue weighted by Crippen LogP contribution is -2.37. The van der Waals surface area contributed by atoms with E-state index >= 15 is 0 Å². The molecule has 0 radical (unpaired) electrons. The Morgan fingerprint density at radius 1 is 1.47 bits per heavy atom. The van der Waals surface area contributed by atoms with Crippen LogP contribution in [-0.4, -0.2) is 44.2 Å². The minimum atomic E-state index is 0.100. The Morgan fingerprint density at radius 2 is 2.12 bits per heavy atom. The molecule has 0 saturated carbocycles. The van der Waals surface area contributed by atoms with E-state index in [4.69, 9.17) is 10.5 Å². The highest BCUT2D eigenvalue weighted by Crippen LogP contribution is 2.17. The van der Waals surface area contributed by atoms with Gasteiger partial charge in [0.15, 0.2) is 0 Å². The first-order chi connectivity index (χ1) is 8.15. The summed E-state index contributed by atoms with van der Waals surface area (Å²) in [5.74, 6) is 0.966. The fraction of sp³-hybridized carbons (Fsp3) is 0.923. The first-order valence-electron chi connectivity index (χ1n) is 6.68. The third-order valence-corrected chi connectivity index (χ3v) is 3.51. The highest BCUT2D eigenvalue weighted by Gasteiger charge is 2.21. The van der Waals surface area contributed by atoms with Crippen LogP contribution < -0.4 is 5.73 Å². The normalized spacial score (nSPS) is 19.0. The van der Waals surface area contributed by atoms with Crippen molar-refractivity contribution in [3.63, 3.8) is 0 Å². The maximum atomic E-state index is 12.1. The highest BCUT2D eigenvalue weighted by atomic mass is 16.5. The number of hydrogen-bond acceptors (Lipinski definition) is 3. The van der Waals surface area contributed by atoms with Gasteiger partial charge in [0.1, 0.15) is 0 Å². The molecule has 4 heteroatoms. The van der Waals surface area contributed by atoms with Crippen LogP contribution in [0.25, 0.3) is 0 Å². The summed E-state index contributed by atoms with van der Waals surface area (Å²) in [6.07, 6.45) is 3.98. The van der Waals surface area contributed by atoms with Gasteiger partial charge in [0, 0.05) is 32.7 Å². The summed E-state index contributed by atoms with van der Waals surface area (Å²) >= 11 is 0. The van der Waals surface area contributed by atoms with Crippen molar-refractivity contribution >= 4 is 5.91 Å². The zero-order valence-electron chi connectivity index (χ0n) is 11.2. The second-order valence-corrected chi connectivity index (χ2v) is 5.11. The summed E-state index contributed by atoms with van der Waals surface area (Å²) in [5.41, 5.74) is 5.46. The summed E-state index contributed by atoms with van der Waals surface area (Å²) in [6.45, 7) is 5.22. The molecule has 1 amide bonds. The lowest BCUT2D eigenvalue weighted by atomic mass is 9.98. The standard InChI is InChI=1S/C13H26N2O2/c1-11(4-3-7-14)13(16)15(2)10-12-5-8-17-9-6-12/h11-12H,3-10,14H2,1-2H3. The van der Waals surface area contributed by atoms with Crippen LogP contribution in [0.5, 0.6) is 0 Å². The molecule has 1 aliphatic heterocycles. The Bertz CT molecular complexity index is 227. The summed E-state index contributed by atoms with van der Waals surface area (Å²) < 4.78 is 5.32. The van der Waals surface area contributed by atoms with Crippen molar-refractivity contribution in [2.24, 2.45) is 17.6 Å². The van der Waals surface area contributed by atoms with E-state index in [9.17, 15) is 4.79 Å². The van der Waals surface area contributed by atoms with Gasteiger partial charge in [0.2, 0.25) is 5.91 Å². The number of nitrogens with two attached hydrogens (primary N) is 1. The van der Waals surface area contributed by atoms with E-state index in [2.05, 4.69) is 0 Å². The highest BCUT2D eigenvalue weighted by molar-refractivity contribution is 5.78. The first-order valence-corrected chi connectivity index (χ1v) is 6.68. The largest absolute Gasteiger partial charge is 0.381 e. The van der Waals surface area contributed by atoms with E-state index in [1.807, 2.05) is 18.9 Å². The van der Waals surface area contributed by atoms with E-state index < -0.39 is 0 Å². The third kappa shape index (κ3) is 5.04. The zero-order valence-corrected chi connectivity index (χ0v) is 11.2. The molecule has 4 nitrogen and oxygen atoms in total. The van der Waals surface area contributed by atoms with Crippen molar-refractivity contribution in [2.75, 3.05) is 33.4 Å². The lowest BCUT2D eigenvalue weighted by Gasteiger charge is -2.28. The fourth-order valence-electron chi connectivity index (χ4n) is 2.33. The smallest absolute Gasteiger partial charge is 0.225 e. The average molecular weight is 242 g/mol. The van der Waals surface area contributed by atoms with Crippen LogP contribution in [0.2, 0.25) is 0 Å². The van der Waals surface area contributed by atoms with Crippen LogP contribution in [0, 0.1) is 11.8 Å². The number of amides is 1. The van der Waals surface area contributed by atoms with Crippen molar-refractivity contribution in [1.82, 2.24) is 4.90 Å². The van der Waals surface area contributed by atoms with Crippen molar-refractivity contribution < 1.29 is 9.53 Å². The van der Waals surface area contributed by atoms with Gasteiger partial charge < -0.3 is 15.4 Å². The van der Waals surface area contributed by atoms with Gasteiger partial charge in [-0.15, -0.1) is 0 Å². The number of rotatable bonds is 6. The molecule has 0 spiro atoms. The van der Waals surface area contributed by atoms with E-state index in [-0.39, 0.29) is 11.8 Å². The van der Waals surface area contributed by atoms with Crippen molar-refractivity contribution in [1.29, 1.82) is 0 Å². The van der Waals surface area contributed by atoms with Gasteiger partial charge in [0.25, 0.3) is 0 Å². The van der Waals surface area contributed by atoms with Crippen LogP contribution in [0.3, 0.4) is 0 Å². The number of nitrogens with zero attached hydrogens (tertiary/aromatic N) is 1. The predicted octanol–water partition coefficient (Wildman–Crippen LogP) is 1.25. The molecule has 1 heterocycles. The van der Waals surface area contributed by atoms with E-state index in [0.29, 0.717) is 12.5 Å². The molecular weight excluding hydrogens is 216 g/mol. The molecule has 100 valence electrons. The van der Waals surface area contributed by atoms with Gasteiger partial charge in [-0.25, -0.2) is 0 Å². The molecule has 0 aromatic carbocycles. The SMILES string of the molecule is CC(CCCN)C(=O)N(C)CC1CCOCC1. The molecular formula is C13H26N2O2. The summed E-state index contributed by atoms with van der Waals surface area (Å²) in [5, 5.41) is 0. The molecule has 1 atom stereocenters. The number of carbonyl (C=O) groups is 1.